The highest BCUT2D eigenvalue weighted by Crippen LogP contribution is 2.36. The van der Waals surface area contributed by atoms with E-state index in [1.165, 1.54) is 0 Å². The monoisotopic (exact) mass is 545 g/mol. The number of rotatable bonds is 5. The number of amides is 3. The fourth-order valence-electron chi connectivity index (χ4n) is 6.33. The van der Waals surface area contributed by atoms with Gasteiger partial charge in [0.2, 0.25) is 5.91 Å². The van der Waals surface area contributed by atoms with Crippen molar-refractivity contribution in [1.29, 1.82) is 0 Å². The number of imide groups is 1. The second-order valence-electron chi connectivity index (χ2n) is 10.9. The number of fused-ring (bicyclic) bond motifs is 2. The summed E-state index contributed by atoms with van der Waals surface area (Å²) in [6, 6.07) is 18.9. The van der Waals surface area contributed by atoms with Gasteiger partial charge in [0.15, 0.2) is 9.84 Å². The Morgan fingerprint density at radius 3 is 2.54 bits per heavy atom. The Kier molecular flexibility index (Phi) is 6.41. The smallest absolute Gasteiger partial charge is 0.263 e. The van der Waals surface area contributed by atoms with Crippen LogP contribution in [0.4, 0.5) is 5.69 Å². The van der Waals surface area contributed by atoms with E-state index < -0.39 is 27.7 Å². The first-order chi connectivity index (χ1) is 18.7. The van der Waals surface area contributed by atoms with Crippen LogP contribution in [-0.4, -0.2) is 73.6 Å². The molecule has 3 aliphatic heterocycles. The minimum atomic E-state index is -3.26. The third-order valence-electron chi connectivity index (χ3n) is 8.27. The summed E-state index contributed by atoms with van der Waals surface area (Å²) < 4.78 is 24.1. The molecule has 0 bridgehead atoms. The lowest BCUT2D eigenvalue weighted by atomic mass is 9.94. The number of carbonyl (C=O) groups excluding carboxylic acids is 3. The summed E-state index contributed by atoms with van der Waals surface area (Å²) in [5, 5.41) is 2.27. The summed E-state index contributed by atoms with van der Waals surface area (Å²) >= 11 is 0. The van der Waals surface area contributed by atoms with Gasteiger partial charge in [-0.1, -0.05) is 48.5 Å². The van der Waals surface area contributed by atoms with E-state index in [0.717, 1.165) is 34.1 Å². The van der Waals surface area contributed by atoms with Gasteiger partial charge in [-0.2, -0.15) is 0 Å². The van der Waals surface area contributed by atoms with E-state index in [-0.39, 0.29) is 29.8 Å². The molecule has 0 saturated carbocycles. The lowest BCUT2D eigenvalue weighted by Crippen LogP contribution is -2.44. The Labute approximate surface area is 228 Å². The van der Waals surface area contributed by atoms with Gasteiger partial charge in [-0.3, -0.25) is 19.3 Å². The number of carbonyl (C=O) groups is 3. The maximum Gasteiger partial charge on any atom is 0.263 e. The van der Waals surface area contributed by atoms with Crippen LogP contribution in [0.2, 0.25) is 0 Å². The van der Waals surface area contributed by atoms with Crippen LogP contribution in [0, 0.1) is 5.92 Å². The molecular weight excluding hydrogens is 514 g/mol. The van der Waals surface area contributed by atoms with E-state index >= 15 is 0 Å². The van der Waals surface area contributed by atoms with E-state index in [2.05, 4.69) is 24.3 Å². The molecule has 0 unspecified atom stereocenters. The molecule has 3 heterocycles. The van der Waals surface area contributed by atoms with Gasteiger partial charge >= 0.3 is 0 Å². The van der Waals surface area contributed by atoms with Crippen LogP contribution >= 0.6 is 0 Å². The van der Waals surface area contributed by atoms with Gasteiger partial charge in [-0.15, -0.1) is 0 Å². The molecule has 8 nitrogen and oxygen atoms in total. The van der Waals surface area contributed by atoms with Crippen LogP contribution in [0.25, 0.3) is 10.8 Å². The van der Waals surface area contributed by atoms with Crippen molar-refractivity contribution < 1.29 is 22.8 Å². The largest absolute Gasteiger partial charge is 0.370 e. The van der Waals surface area contributed by atoms with Gasteiger partial charge in [0.05, 0.1) is 40.3 Å². The van der Waals surface area contributed by atoms with Gasteiger partial charge < -0.3 is 9.80 Å². The minimum absolute atomic E-state index is 0.0138. The van der Waals surface area contributed by atoms with Crippen LogP contribution in [0.15, 0.2) is 60.7 Å². The first-order valence-electron chi connectivity index (χ1n) is 13.4. The van der Waals surface area contributed by atoms with E-state index in [1.54, 1.807) is 17.0 Å². The predicted octanol–water partition coefficient (Wildman–Crippen LogP) is 3.50. The lowest BCUT2D eigenvalue weighted by molar-refractivity contribution is -0.135. The summed E-state index contributed by atoms with van der Waals surface area (Å²) in [5.41, 5.74) is 2.37. The molecule has 202 valence electrons. The zero-order valence-corrected chi connectivity index (χ0v) is 22.7. The van der Waals surface area contributed by atoms with E-state index in [4.69, 9.17) is 0 Å². The van der Waals surface area contributed by atoms with Crippen molar-refractivity contribution >= 4 is 44.0 Å². The molecular formula is C30H31N3O5S. The highest BCUT2D eigenvalue weighted by molar-refractivity contribution is 7.91. The number of hydrogen-bond acceptors (Lipinski definition) is 6. The molecule has 3 aromatic carbocycles. The van der Waals surface area contributed by atoms with Crippen molar-refractivity contribution in [2.24, 2.45) is 5.92 Å². The average molecular weight is 546 g/mol. The standard InChI is InChI=1S/C30H31N3O5S/c1-31(17-21-9-4-8-20-7-2-3-11-24(20)21)28(34)22-10-6-15-32(18-22)26-13-5-12-25-27(26)30(36)33(29(25)35)23-14-16-39(37,38)19-23/h2-5,7-9,11-13,22-23H,6,10,14-19H2,1H3/t22-,23-/m1/s1. The molecule has 2 fully saturated rings. The summed E-state index contributed by atoms with van der Waals surface area (Å²) in [7, 11) is -1.42. The normalized spacial score (nSPS) is 22.4. The van der Waals surface area contributed by atoms with E-state index in [9.17, 15) is 22.8 Å². The number of hydrogen-bond donors (Lipinski definition) is 0. The van der Waals surface area contributed by atoms with Crippen LogP contribution < -0.4 is 4.90 Å². The zero-order valence-electron chi connectivity index (χ0n) is 21.9. The highest BCUT2D eigenvalue weighted by atomic mass is 32.2. The molecule has 0 aliphatic carbocycles. The molecule has 0 radical (unpaired) electrons. The van der Waals surface area contributed by atoms with Crippen molar-refractivity contribution in [3.05, 3.63) is 77.4 Å². The third-order valence-corrected chi connectivity index (χ3v) is 10.0. The maximum absolute atomic E-state index is 13.6. The van der Waals surface area contributed by atoms with Gasteiger partial charge in [0.1, 0.15) is 0 Å². The van der Waals surface area contributed by atoms with Crippen molar-refractivity contribution in [2.45, 2.75) is 31.8 Å². The number of sulfone groups is 1. The van der Waals surface area contributed by atoms with Crippen molar-refractivity contribution in [3.63, 3.8) is 0 Å². The number of anilines is 1. The van der Waals surface area contributed by atoms with Crippen LogP contribution in [0.1, 0.15) is 45.5 Å². The van der Waals surface area contributed by atoms with E-state index in [1.807, 2.05) is 36.2 Å². The second kappa shape index (κ2) is 9.79. The van der Waals surface area contributed by atoms with Gasteiger partial charge in [0, 0.05) is 26.7 Å². The Bertz CT molecular complexity index is 1600. The predicted molar refractivity (Wildman–Crippen MR) is 149 cm³/mol. The molecule has 0 spiro atoms. The lowest BCUT2D eigenvalue weighted by Gasteiger charge is -2.36. The molecule has 3 aliphatic rings. The summed E-state index contributed by atoms with van der Waals surface area (Å²) in [4.78, 5) is 45.2. The summed E-state index contributed by atoms with van der Waals surface area (Å²) in [6.07, 6.45) is 1.81. The van der Waals surface area contributed by atoms with Gasteiger partial charge in [-0.05, 0) is 47.7 Å². The fraction of sp³-hybridized carbons (Fsp3) is 0.367. The Morgan fingerprint density at radius 1 is 0.974 bits per heavy atom. The van der Waals surface area contributed by atoms with Crippen molar-refractivity contribution in [1.82, 2.24) is 9.80 Å². The first-order valence-corrected chi connectivity index (χ1v) is 15.2. The molecule has 6 rings (SSSR count). The number of nitrogens with zero attached hydrogens (tertiary/aromatic N) is 3. The van der Waals surface area contributed by atoms with E-state index in [0.29, 0.717) is 36.4 Å². The average Bonchev–Trinajstić information content (AvgIpc) is 3.43. The summed E-state index contributed by atoms with van der Waals surface area (Å²) in [6.45, 7) is 1.63. The summed E-state index contributed by atoms with van der Waals surface area (Å²) in [5.74, 6) is -1.25. The van der Waals surface area contributed by atoms with Crippen molar-refractivity contribution in [3.8, 4) is 0 Å². The number of benzene rings is 3. The Balaban J connectivity index is 1.21. The zero-order chi connectivity index (χ0) is 27.3. The molecule has 0 aromatic heterocycles. The minimum Gasteiger partial charge on any atom is -0.370 e. The van der Waals surface area contributed by atoms with Crippen LogP contribution in [0.5, 0.6) is 0 Å². The van der Waals surface area contributed by atoms with Crippen LogP contribution in [-0.2, 0) is 21.2 Å². The topological polar surface area (TPSA) is 95.1 Å². The molecule has 3 amide bonds. The first kappa shape index (κ1) is 25.6. The molecule has 0 N–H and O–H groups in total. The molecule has 2 saturated heterocycles. The van der Waals surface area contributed by atoms with Gasteiger partial charge in [-0.25, -0.2) is 8.42 Å². The number of piperidine rings is 1. The molecule has 2 atom stereocenters. The molecule has 9 heteroatoms. The third kappa shape index (κ3) is 4.58. The SMILES string of the molecule is CN(Cc1cccc2ccccc12)C(=O)[C@@H]1CCCN(c2cccc3c2C(=O)N([C@@H]2CCS(=O)(=O)C2)C3=O)C1. The van der Waals surface area contributed by atoms with Gasteiger partial charge in [0.25, 0.3) is 11.8 Å². The maximum atomic E-state index is 13.6. The molecule has 3 aromatic rings. The van der Waals surface area contributed by atoms with Crippen LogP contribution in [0.3, 0.4) is 0 Å². The quantitative estimate of drug-likeness (QED) is 0.456. The second-order valence-corrected chi connectivity index (χ2v) is 13.1. The Hall–Kier alpha value is -3.72. The fourth-order valence-corrected chi connectivity index (χ4v) is 8.03. The highest BCUT2D eigenvalue weighted by Gasteiger charge is 2.46. The van der Waals surface area contributed by atoms with Crippen molar-refractivity contribution in [2.75, 3.05) is 36.5 Å². The Morgan fingerprint density at radius 2 is 1.74 bits per heavy atom. The molecule has 39 heavy (non-hydrogen) atoms.